The Balaban J connectivity index is 4.34. The Morgan fingerprint density at radius 1 is 0.489 bits per heavy atom. The Kier molecular flexibility index (Phi) is 32.8. The molecule has 5 N–H and O–H groups in total. The maximum absolute atomic E-state index is 15.2. The standard InChI is InChI=1S/C63H113N11O14/c1-25-43-59(83)68(17)33-48(75)69(18)44(29-34(2)3)56(80)67-50(38(10)11)62(86)70(19)45(30-35(4)5)55(79)64-41(15)54(78)65-42(16)58(82)71(20)46(31-36(6)7)60(84)72(21)47(32-37(8)9)61(85)73(22)51(39(12)13)63(87)74(23)52(57(81)66-43)53(77)40(14)27-26-28-49(76)88-24/h34-47,50-53,77H,25-33H2,1-24H3,(H,64,79)(H,65,78)(H,66,81)(H,67,80)/t40-,41-,42+,43-,44+,45-,46+,47+,50+,51-,52+,53-/m1/s1. The fourth-order valence-corrected chi connectivity index (χ4v) is 11.0. The van der Waals surface area contributed by atoms with Crippen molar-refractivity contribution in [2.75, 3.05) is 63.0 Å². The van der Waals surface area contributed by atoms with E-state index in [2.05, 4.69) is 21.3 Å². The Morgan fingerprint density at radius 2 is 0.909 bits per heavy atom. The highest BCUT2D eigenvalue weighted by molar-refractivity contribution is 5.99. The number of hydrogen-bond donors (Lipinski definition) is 5. The molecule has 88 heavy (non-hydrogen) atoms. The normalized spacial score (nSPS) is 26.2. The number of aliphatic hydroxyl groups excluding tert-OH is 1. The first-order valence-corrected chi connectivity index (χ1v) is 31.4. The van der Waals surface area contributed by atoms with Gasteiger partial charge in [0.15, 0.2) is 0 Å². The third-order valence-corrected chi connectivity index (χ3v) is 16.6. The first-order chi connectivity index (χ1) is 40.6. The van der Waals surface area contributed by atoms with Gasteiger partial charge in [-0.3, -0.25) is 57.5 Å². The number of carbonyl (C=O) groups is 12. The topological polar surface area (TPSA) is 305 Å². The number of methoxy groups -OCH3 is 1. The molecule has 0 saturated carbocycles. The Hall–Kier alpha value is -6.40. The van der Waals surface area contributed by atoms with Gasteiger partial charge in [0.25, 0.3) is 0 Å². The fourth-order valence-electron chi connectivity index (χ4n) is 11.0. The van der Waals surface area contributed by atoms with Gasteiger partial charge in [-0.25, -0.2) is 0 Å². The van der Waals surface area contributed by atoms with E-state index in [1.165, 1.54) is 94.8 Å². The smallest absolute Gasteiger partial charge is 0.305 e. The van der Waals surface area contributed by atoms with Crippen LogP contribution in [-0.4, -0.2) is 240 Å². The minimum Gasteiger partial charge on any atom is -0.469 e. The van der Waals surface area contributed by atoms with Gasteiger partial charge in [0.2, 0.25) is 65.0 Å². The molecule has 25 heteroatoms. The van der Waals surface area contributed by atoms with Crippen molar-refractivity contribution < 1.29 is 67.4 Å². The van der Waals surface area contributed by atoms with Crippen LogP contribution in [-0.2, 0) is 62.3 Å². The summed E-state index contributed by atoms with van der Waals surface area (Å²) >= 11 is 0. The lowest BCUT2D eigenvalue weighted by Crippen LogP contribution is -2.63. The molecule has 0 spiro atoms. The highest BCUT2D eigenvalue weighted by Gasteiger charge is 2.46. The summed E-state index contributed by atoms with van der Waals surface area (Å²) in [6.07, 6.45) is -0.637. The number of rotatable bonds is 17. The summed E-state index contributed by atoms with van der Waals surface area (Å²) in [5.74, 6) is -10.8. The van der Waals surface area contributed by atoms with Crippen LogP contribution in [0.1, 0.15) is 162 Å². The zero-order chi connectivity index (χ0) is 68.3. The zero-order valence-electron chi connectivity index (χ0n) is 57.6. The van der Waals surface area contributed by atoms with Gasteiger partial charge < -0.3 is 65.4 Å². The van der Waals surface area contributed by atoms with Crippen LogP contribution in [0.15, 0.2) is 0 Å². The van der Waals surface area contributed by atoms with Gasteiger partial charge in [0, 0.05) is 55.8 Å². The van der Waals surface area contributed by atoms with Crippen LogP contribution >= 0.6 is 0 Å². The molecule has 1 aliphatic rings. The maximum atomic E-state index is 15.2. The molecule has 0 aromatic carbocycles. The average Bonchev–Trinajstić information content (AvgIpc) is 2.89. The predicted molar refractivity (Wildman–Crippen MR) is 335 cm³/mol. The molecule has 0 unspecified atom stereocenters. The minimum absolute atomic E-state index is 0.00280. The van der Waals surface area contributed by atoms with Gasteiger partial charge in [-0.15, -0.1) is 0 Å². The number of carbonyl (C=O) groups excluding carboxylic acids is 12. The molecule has 12 atom stereocenters. The van der Waals surface area contributed by atoms with Crippen molar-refractivity contribution in [1.29, 1.82) is 0 Å². The maximum Gasteiger partial charge on any atom is 0.305 e. The van der Waals surface area contributed by atoms with Gasteiger partial charge >= 0.3 is 5.97 Å². The SMILES string of the molecule is CC[C@H]1NC(=O)[C@H]([C@H](O)[C@H](C)CCCC(=O)OC)N(C)C(=O)[C@@H](C(C)C)N(C)C(=O)[C@H](CC(C)C)N(C)C(=O)[C@H](CC(C)C)N(C)C(=O)[C@H](C)NC(=O)[C@@H](C)NC(=O)[C@@H](CC(C)C)N(C)C(=O)[C@H](C(C)C)NC(=O)[C@H](CC(C)C)N(C)C(=O)CN(C)C1=O. The molecule has 1 saturated heterocycles. The number of nitrogens with zero attached hydrogens (tertiary/aromatic N) is 7. The van der Waals surface area contributed by atoms with Gasteiger partial charge in [0.1, 0.15) is 60.4 Å². The monoisotopic (exact) mass is 1250 g/mol. The molecular formula is C63H113N11O14. The largest absolute Gasteiger partial charge is 0.469 e. The molecule has 504 valence electrons. The van der Waals surface area contributed by atoms with Crippen LogP contribution in [0.3, 0.4) is 0 Å². The molecule has 0 aromatic rings. The Bertz CT molecular complexity index is 2400. The average molecular weight is 1250 g/mol. The number of nitrogens with one attached hydrogen (secondary N) is 4. The van der Waals surface area contributed by atoms with Crippen molar-refractivity contribution in [3.8, 4) is 0 Å². The van der Waals surface area contributed by atoms with Crippen molar-refractivity contribution in [2.45, 2.75) is 229 Å². The second-order valence-corrected chi connectivity index (χ2v) is 26.8. The molecule has 0 radical (unpaired) electrons. The number of likely N-dealkylation sites (N-methyl/N-ethyl adjacent to an activating group) is 7. The van der Waals surface area contributed by atoms with E-state index in [-0.39, 0.29) is 75.0 Å². The molecular weight excluding hydrogens is 1130 g/mol. The van der Waals surface area contributed by atoms with Gasteiger partial charge in [-0.05, 0) is 100 Å². The van der Waals surface area contributed by atoms with Crippen LogP contribution in [0, 0.1) is 41.4 Å². The summed E-state index contributed by atoms with van der Waals surface area (Å²) in [6, 6.07) is -12.7. The summed E-state index contributed by atoms with van der Waals surface area (Å²) in [4.78, 5) is 181. The zero-order valence-corrected chi connectivity index (χ0v) is 57.6. The Labute approximate surface area is 525 Å². The van der Waals surface area contributed by atoms with E-state index in [1.807, 2.05) is 55.4 Å². The number of aliphatic hydroxyl groups is 1. The summed E-state index contributed by atoms with van der Waals surface area (Å²) in [7, 11) is 11.0. The molecule has 0 aromatic heterocycles. The molecule has 1 fully saturated rings. The highest BCUT2D eigenvalue weighted by atomic mass is 16.5. The molecule has 11 amide bonds. The summed E-state index contributed by atoms with van der Waals surface area (Å²) in [5, 5.41) is 23.1. The minimum atomic E-state index is -1.70. The van der Waals surface area contributed by atoms with Crippen LogP contribution in [0.4, 0.5) is 0 Å². The van der Waals surface area contributed by atoms with Gasteiger partial charge in [-0.2, -0.15) is 0 Å². The van der Waals surface area contributed by atoms with E-state index in [4.69, 9.17) is 4.74 Å². The van der Waals surface area contributed by atoms with Crippen LogP contribution in [0.25, 0.3) is 0 Å². The van der Waals surface area contributed by atoms with E-state index in [9.17, 15) is 53.1 Å². The van der Waals surface area contributed by atoms with E-state index in [0.29, 0.717) is 0 Å². The van der Waals surface area contributed by atoms with Crippen molar-refractivity contribution in [2.24, 2.45) is 41.4 Å². The first kappa shape index (κ1) is 79.6. The number of ether oxygens (including phenoxy) is 1. The third kappa shape index (κ3) is 22.6. The lowest BCUT2D eigenvalue weighted by Gasteiger charge is -2.41. The predicted octanol–water partition coefficient (Wildman–Crippen LogP) is 2.65. The molecule has 0 aliphatic carbocycles. The van der Waals surface area contributed by atoms with Crippen molar-refractivity contribution in [3.05, 3.63) is 0 Å². The number of hydrogen-bond acceptors (Lipinski definition) is 14. The molecule has 1 heterocycles. The van der Waals surface area contributed by atoms with Crippen LogP contribution in [0.5, 0.6) is 0 Å². The van der Waals surface area contributed by atoms with Crippen molar-refractivity contribution in [1.82, 2.24) is 55.6 Å². The van der Waals surface area contributed by atoms with Crippen LogP contribution in [0.2, 0.25) is 0 Å². The molecule has 1 rings (SSSR count). The van der Waals surface area contributed by atoms with E-state index in [0.717, 1.165) is 9.80 Å². The van der Waals surface area contributed by atoms with E-state index < -0.39 is 162 Å². The van der Waals surface area contributed by atoms with Crippen molar-refractivity contribution >= 4 is 70.9 Å². The fraction of sp³-hybridized carbons (Fsp3) is 0.810. The lowest BCUT2D eigenvalue weighted by atomic mass is 9.90. The molecule has 1 aliphatic heterocycles. The van der Waals surface area contributed by atoms with Gasteiger partial charge in [0.05, 0.1) is 19.8 Å². The molecule has 0 bridgehead atoms. The second-order valence-electron chi connectivity index (χ2n) is 26.8. The second kappa shape index (κ2) is 36.3. The summed E-state index contributed by atoms with van der Waals surface area (Å²) < 4.78 is 4.80. The van der Waals surface area contributed by atoms with E-state index in [1.54, 1.807) is 41.5 Å². The highest BCUT2D eigenvalue weighted by Crippen LogP contribution is 2.26. The van der Waals surface area contributed by atoms with Crippen LogP contribution < -0.4 is 21.3 Å². The first-order valence-electron chi connectivity index (χ1n) is 31.4. The van der Waals surface area contributed by atoms with Gasteiger partial charge in [-0.1, -0.05) is 96.9 Å². The molecule has 25 nitrogen and oxygen atoms in total. The summed E-state index contributed by atoms with van der Waals surface area (Å²) in [5.41, 5.74) is 0. The Morgan fingerprint density at radius 3 is 1.36 bits per heavy atom. The van der Waals surface area contributed by atoms with Crippen molar-refractivity contribution in [3.63, 3.8) is 0 Å². The summed E-state index contributed by atoms with van der Waals surface area (Å²) in [6.45, 7) is 27.2. The number of esters is 1. The lowest BCUT2D eigenvalue weighted by molar-refractivity contribution is -0.157. The quantitative estimate of drug-likeness (QED) is 0.131. The number of amides is 11. The third-order valence-electron chi connectivity index (χ3n) is 16.6. The van der Waals surface area contributed by atoms with E-state index >= 15 is 9.59 Å².